The summed E-state index contributed by atoms with van der Waals surface area (Å²) in [6, 6.07) is 29.7. The van der Waals surface area contributed by atoms with Gasteiger partial charge in [-0.05, 0) is 36.1 Å². The van der Waals surface area contributed by atoms with Gasteiger partial charge in [0.15, 0.2) is 0 Å². The average Bonchev–Trinajstić information content (AvgIpc) is 2.84. The number of carbonyl (C=O) groups excluding carboxylic acids is 1. The fourth-order valence-electron chi connectivity index (χ4n) is 5.25. The van der Waals surface area contributed by atoms with Crippen molar-refractivity contribution in [2.24, 2.45) is 5.92 Å². The van der Waals surface area contributed by atoms with Gasteiger partial charge in [-0.2, -0.15) is 0 Å². The summed E-state index contributed by atoms with van der Waals surface area (Å²) in [6.07, 6.45) is 0.795. The molecule has 1 fully saturated rings. The molecule has 1 N–H and O–H groups in total. The summed E-state index contributed by atoms with van der Waals surface area (Å²) in [5, 5.41) is 3.31. The fourth-order valence-corrected chi connectivity index (χ4v) is 5.25. The Morgan fingerprint density at radius 1 is 0.938 bits per heavy atom. The van der Waals surface area contributed by atoms with E-state index < -0.39 is 0 Å². The third kappa shape index (κ3) is 4.28. The summed E-state index contributed by atoms with van der Waals surface area (Å²) in [5.74, 6) is 0.0991. The van der Waals surface area contributed by atoms with E-state index in [9.17, 15) is 4.79 Å². The molecule has 3 atom stereocenters. The normalized spacial score (nSPS) is 21.3. The van der Waals surface area contributed by atoms with Crippen LogP contribution in [-0.4, -0.2) is 36.5 Å². The number of carbonyl (C=O) groups is 1. The van der Waals surface area contributed by atoms with E-state index in [-0.39, 0.29) is 23.9 Å². The zero-order valence-corrected chi connectivity index (χ0v) is 18.7. The number of rotatable bonds is 5. The van der Waals surface area contributed by atoms with Gasteiger partial charge in [-0.15, -0.1) is 0 Å². The van der Waals surface area contributed by atoms with Crippen molar-refractivity contribution in [2.45, 2.75) is 32.0 Å². The van der Waals surface area contributed by atoms with Crippen LogP contribution in [0.1, 0.15) is 29.7 Å². The molecule has 3 unspecified atom stereocenters. The largest absolute Gasteiger partial charge is 0.365 e. The van der Waals surface area contributed by atoms with Crippen molar-refractivity contribution in [1.29, 1.82) is 0 Å². The number of fused-ring (bicyclic) bond motifs is 3. The van der Waals surface area contributed by atoms with Gasteiger partial charge < -0.3 is 10.2 Å². The standard InChI is InChI=1S/C28H31N3O/c1-21(23-12-6-3-7-13-23)29-28(32)25-18-24-14-8-9-15-26(24)31-17-16-30(20-27(25)31)19-22-10-4-2-5-11-22/h2-15,21,25,27H,16-20H2,1H3,(H,29,32). The van der Waals surface area contributed by atoms with Crippen LogP contribution in [0.5, 0.6) is 0 Å². The third-order valence-electron chi connectivity index (χ3n) is 6.95. The Balaban J connectivity index is 1.37. The summed E-state index contributed by atoms with van der Waals surface area (Å²) >= 11 is 0. The summed E-state index contributed by atoms with van der Waals surface area (Å²) < 4.78 is 0. The van der Waals surface area contributed by atoms with Crippen molar-refractivity contribution in [3.8, 4) is 0 Å². The molecule has 1 saturated heterocycles. The Bertz CT molecular complexity index is 1050. The van der Waals surface area contributed by atoms with Crippen molar-refractivity contribution in [3.05, 3.63) is 102 Å². The van der Waals surface area contributed by atoms with Gasteiger partial charge in [0.25, 0.3) is 0 Å². The molecule has 2 heterocycles. The molecule has 0 radical (unpaired) electrons. The number of hydrogen-bond donors (Lipinski definition) is 1. The smallest absolute Gasteiger partial charge is 0.226 e. The van der Waals surface area contributed by atoms with Gasteiger partial charge in [-0.25, -0.2) is 0 Å². The highest BCUT2D eigenvalue weighted by molar-refractivity contribution is 5.82. The zero-order chi connectivity index (χ0) is 21.9. The third-order valence-corrected chi connectivity index (χ3v) is 6.95. The molecule has 164 valence electrons. The quantitative estimate of drug-likeness (QED) is 0.657. The van der Waals surface area contributed by atoms with Crippen LogP contribution in [0.25, 0.3) is 0 Å². The minimum Gasteiger partial charge on any atom is -0.365 e. The van der Waals surface area contributed by atoms with Crippen molar-refractivity contribution >= 4 is 11.6 Å². The molecular formula is C28H31N3O. The Kier molecular flexibility index (Phi) is 5.95. The first-order valence-corrected chi connectivity index (χ1v) is 11.6. The van der Waals surface area contributed by atoms with Gasteiger partial charge in [-0.3, -0.25) is 9.69 Å². The van der Waals surface area contributed by atoms with Crippen LogP contribution in [0.3, 0.4) is 0 Å². The summed E-state index contributed by atoms with van der Waals surface area (Å²) in [7, 11) is 0. The van der Waals surface area contributed by atoms with E-state index in [0.29, 0.717) is 0 Å². The van der Waals surface area contributed by atoms with Crippen LogP contribution in [0.15, 0.2) is 84.9 Å². The molecule has 4 heteroatoms. The molecule has 3 aromatic rings. The van der Waals surface area contributed by atoms with Crippen molar-refractivity contribution < 1.29 is 4.79 Å². The van der Waals surface area contributed by atoms with Gasteiger partial charge in [0.05, 0.1) is 18.0 Å². The Hall–Kier alpha value is -3.11. The molecule has 0 aliphatic carbocycles. The monoisotopic (exact) mass is 425 g/mol. The van der Waals surface area contributed by atoms with Crippen molar-refractivity contribution in [1.82, 2.24) is 10.2 Å². The van der Waals surface area contributed by atoms with Crippen LogP contribution < -0.4 is 10.2 Å². The molecule has 0 saturated carbocycles. The second kappa shape index (κ2) is 9.17. The molecule has 1 amide bonds. The lowest BCUT2D eigenvalue weighted by Gasteiger charge is -2.49. The average molecular weight is 426 g/mol. The second-order valence-corrected chi connectivity index (χ2v) is 9.06. The minimum absolute atomic E-state index is 0.00154. The Labute approximate surface area is 190 Å². The van der Waals surface area contributed by atoms with E-state index in [1.165, 1.54) is 16.8 Å². The predicted octanol–water partition coefficient (Wildman–Crippen LogP) is 4.43. The van der Waals surface area contributed by atoms with Crippen LogP contribution in [-0.2, 0) is 17.8 Å². The highest BCUT2D eigenvalue weighted by Gasteiger charge is 2.41. The Morgan fingerprint density at radius 2 is 1.62 bits per heavy atom. The van der Waals surface area contributed by atoms with E-state index >= 15 is 0 Å². The van der Waals surface area contributed by atoms with E-state index in [0.717, 1.165) is 38.2 Å². The number of amides is 1. The lowest BCUT2D eigenvalue weighted by Crippen LogP contribution is -2.61. The number of benzene rings is 3. The van der Waals surface area contributed by atoms with E-state index in [1.54, 1.807) is 0 Å². The molecule has 0 bridgehead atoms. The van der Waals surface area contributed by atoms with Crippen LogP contribution in [0.4, 0.5) is 5.69 Å². The number of anilines is 1. The first kappa shape index (κ1) is 20.8. The molecule has 32 heavy (non-hydrogen) atoms. The van der Waals surface area contributed by atoms with E-state index in [2.05, 4.69) is 88.8 Å². The fraction of sp³-hybridized carbons (Fsp3) is 0.321. The van der Waals surface area contributed by atoms with Gasteiger partial charge in [0.1, 0.15) is 0 Å². The van der Waals surface area contributed by atoms with Gasteiger partial charge in [0, 0.05) is 31.9 Å². The summed E-state index contributed by atoms with van der Waals surface area (Å²) in [5.41, 5.74) is 5.06. The van der Waals surface area contributed by atoms with Gasteiger partial charge in [-0.1, -0.05) is 78.9 Å². The first-order valence-electron chi connectivity index (χ1n) is 11.6. The number of piperazine rings is 1. The highest BCUT2D eigenvalue weighted by Crippen LogP contribution is 2.36. The van der Waals surface area contributed by atoms with Crippen molar-refractivity contribution in [2.75, 3.05) is 24.5 Å². The predicted molar refractivity (Wildman–Crippen MR) is 129 cm³/mol. The van der Waals surface area contributed by atoms with Gasteiger partial charge >= 0.3 is 0 Å². The molecule has 0 aromatic heterocycles. The molecule has 5 rings (SSSR count). The molecule has 0 spiro atoms. The lowest BCUT2D eigenvalue weighted by molar-refractivity contribution is -0.126. The number of hydrogen-bond acceptors (Lipinski definition) is 3. The number of para-hydroxylation sites is 1. The van der Waals surface area contributed by atoms with Gasteiger partial charge in [0.2, 0.25) is 5.91 Å². The zero-order valence-electron chi connectivity index (χ0n) is 18.7. The van der Waals surface area contributed by atoms with E-state index in [4.69, 9.17) is 0 Å². The Morgan fingerprint density at radius 3 is 2.41 bits per heavy atom. The summed E-state index contributed by atoms with van der Waals surface area (Å²) in [6.45, 7) is 5.87. The molecule has 2 aliphatic heterocycles. The SMILES string of the molecule is CC(NC(=O)C1Cc2ccccc2N2CCN(Cc3ccccc3)CC12)c1ccccc1. The lowest BCUT2D eigenvalue weighted by atomic mass is 9.83. The van der Waals surface area contributed by atoms with Crippen LogP contribution >= 0.6 is 0 Å². The van der Waals surface area contributed by atoms with Crippen molar-refractivity contribution in [3.63, 3.8) is 0 Å². The molecular weight excluding hydrogens is 394 g/mol. The number of nitrogens with one attached hydrogen (secondary N) is 1. The minimum atomic E-state index is -0.0605. The molecule has 2 aliphatic rings. The maximum Gasteiger partial charge on any atom is 0.226 e. The maximum absolute atomic E-state index is 13.6. The summed E-state index contributed by atoms with van der Waals surface area (Å²) in [4.78, 5) is 18.5. The highest BCUT2D eigenvalue weighted by atomic mass is 16.2. The maximum atomic E-state index is 13.6. The molecule has 4 nitrogen and oxygen atoms in total. The molecule has 3 aromatic carbocycles. The van der Waals surface area contributed by atoms with E-state index in [1.807, 2.05) is 18.2 Å². The van der Waals surface area contributed by atoms with Crippen LogP contribution in [0.2, 0.25) is 0 Å². The van der Waals surface area contributed by atoms with Crippen LogP contribution in [0, 0.1) is 5.92 Å². The first-order chi connectivity index (χ1) is 15.7. The second-order valence-electron chi connectivity index (χ2n) is 9.06. The number of nitrogens with zero attached hydrogens (tertiary/aromatic N) is 2. The topological polar surface area (TPSA) is 35.6 Å².